The summed E-state index contributed by atoms with van der Waals surface area (Å²) in [6, 6.07) is 9.27. The van der Waals surface area contributed by atoms with Crippen molar-refractivity contribution in [2.75, 3.05) is 38.8 Å². The van der Waals surface area contributed by atoms with Crippen molar-refractivity contribution in [1.29, 1.82) is 0 Å². The lowest BCUT2D eigenvalue weighted by Crippen LogP contribution is -2.64. The van der Waals surface area contributed by atoms with Gasteiger partial charge in [-0.05, 0) is 43.9 Å². The summed E-state index contributed by atoms with van der Waals surface area (Å²) in [4.78, 5) is 47.4. The minimum Gasteiger partial charge on any atom is -0.449 e. The Kier molecular flexibility index (Phi) is 8.51. The van der Waals surface area contributed by atoms with Crippen LogP contribution in [0.1, 0.15) is 72.1 Å². The number of nitrogens with zero attached hydrogens (tertiary/aromatic N) is 2. The summed E-state index contributed by atoms with van der Waals surface area (Å²) >= 11 is 0. The molecule has 0 spiro atoms. The summed E-state index contributed by atoms with van der Waals surface area (Å²) in [5.41, 5.74) is 1.72. The fourth-order valence-electron chi connectivity index (χ4n) is 5.54. The molecule has 1 atom stereocenters. The van der Waals surface area contributed by atoms with Crippen LogP contribution in [0.2, 0.25) is 0 Å². The molecule has 2 aliphatic rings. The number of unbranched alkanes of at least 4 members (excludes halogenated alkanes) is 1. The molecule has 0 bridgehead atoms. The first-order valence-corrected chi connectivity index (χ1v) is 14.5. The smallest absolute Gasteiger partial charge is 0.292 e. The van der Waals surface area contributed by atoms with Crippen molar-refractivity contribution in [3.63, 3.8) is 0 Å². The lowest BCUT2D eigenvalue weighted by molar-refractivity contribution is -0.131. The van der Waals surface area contributed by atoms with Crippen LogP contribution in [0.3, 0.4) is 0 Å². The minimum atomic E-state index is -1.40. The molecule has 4 heterocycles. The molecule has 3 aromatic rings. The summed E-state index contributed by atoms with van der Waals surface area (Å²) in [5.74, 6) is -0.953. The van der Waals surface area contributed by atoms with Gasteiger partial charge in [-0.25, -0.2) is 0 Å². The molecular formula is C31H39N5O6. The Balaban J connectivity index is 1.57. The van der Waals surface area contributed by atoms with E-state index in [0.29, 0.717) is 48.4 Å². The number of carbonyl (C=O) groups is 3. The first-order chi connectivity index (χ1) is 20.2. The standard InChI is InChI=1S/C31H39N5O6/c1-5-7-11-22-25-24(15-21(17-32-25)27(37)35-30(3)18-41-19-30)42-26(22)28(38)36(13-14-40-4)31(6-2)29(39)33-16-20-10-8-9-12-23(20)34-31/h8-10,12,15,17,34H,5-7,11,13-14,16,18-19H2,1-4H3,(H,33,39)(H,35,37). The number of benzene rings is 1. The van der Waals surface area contributed by atoms with Crippen molar-refractivity contribution in [1.82, 2.24) is 20.5 Å². The Morgan fingerprint density at radius 3 is 2.69 bits per heavy atom. The number of furan rings is 1. The summed E-state index contributed by atoms with van der Waals surface area (Å²) in [7, 11) is 1.55. The van der Waals surface area contributed by atoms with Crippen LogP contribution in [-0.2, 0) is 27.2 Å². The third kappa shape index (κ3) is 5.46. The van der Waals surface area contributed by atoms with Crippen LogP contribution >= 0.6 is 0 Å². The number of hydrogen-bond donors (Lipinski definition) is 3. The highest BCUT2D eigenvalue weighted by atomic mass is 16.5. The van der Waals surface area contributed by atoms with E-state index >= 15 is 0 Å². The van der Waals surface area contributed by atoms with Gasteiger partial charge in [0.15, 0.2) is 17.0 Å². The predicted octanol–water partition coefficient (Wildman–Crippen LogP) is 3.63. The van der Waals surface area contributed by atoms with E-state index in [1.807, 2.05) is 38.1 Å². The molecule has 2 aliphatic heterocycles. The van der Waals surface area contributed by atoms with Crippen molar-refractivity contribution in [3.05, 3.63) is 59.0 Å². The summed E-state index contributed by atoms with van der Waals surface area (Å²) in [6.45, 7) is 7.42. The molecule has 0 aliphatic carbocycles. The number of aromatic nitrogens is 1. The lowest BCUT2D eigenvalue weighted by Gasteiger charge is -2.42. The van der Waals surface area contributed by atoms with Crippen molar-refractivity contribution in [2.45, 2.75) is 64.2 Å². The van der Waals surface area contributed by atoms with E-state index in [-0.39, 0.29) is 37.1 Å². The number of rotatable bonds is 11. The molecule has 5 rings (SSSR count). The number of para-hydroxylation sites is 1. The number of fused-ring (bicyclic) bond motifs is 2. The van der Waals surface area contributed by atoms with Gasteiger partial charge in [0.25, 0.3) is 17.7 Å². The molecule has 224 valence electrons. The van der Waals surface area contributed by atoms with Crippen molar-refractivity contribution in [2.24, 2.45) is 0 Å². The zero-order chi connectivity index (χ0) is 29.9. The normalized spacial score (nSPS) is 19.2. The predicted molar refractivity (Wildman–Crippen MR) is 157 cm³/mol. The number of amides is 3. The van der Waals surface area contributed by atoms with Crippen molar-refractivity contribution < 1.29 is 28.3 Å². The van der Waals surface area contributed by atoms with E-state index in [2.05, 4.69) is 27.9 Å². The van der Waals surface area contributed by atoms with Gasteiger partial charge in [0, 0.05) is 37.6 Å². The highest BCUT2D eigenvalue weighted by Crippen LogP contribution is 2.33. The average Bonchev–Trinajstić information content (AvgIpc) is 3.27. The number of aryl methyl sites for hydroxylation is 1. The van der Waals surface area contributed by atoms with E-state index in [1.165, 1.54) is 11.1 Å². The topological polar surface area (TPSA) is 135 Å². The Morgan fingerprint density at radius 2 is 2.00 bits per heavy atom. The molecule has 1 saturated heterocycles. The van der Waals surface area contributed by atoms with Gasteiger partial charge < -0.3 is 34.7 Å². The van der Waals surface area contributed by atoms with Crippen LogP contribution in [0.15, 0.2) is 40.9 Å². The third-order valence-electron chi connectivity index (χ3n) is 8.03. The number of anilines is 1. The number of carbonyl (C=O) groups excluding carboxylic acids is 3. The molecule has 1 unspecified atom stereocenters. The Morgan fingerprint density at radius 1 is 1.21 bits per heavy atom. The monoisotopic (exact) mass is 577 g/mol. The first-order valence-electron chi connectivity index (χ1n) is 14.5. The maximum Gasteiger partial charge on any atom is 0.292 e. The Hall–Kier alpha value is -3.96. The van der Waals surface area contributed by atoms with Crippen LogP contribution in [0.25, 0.3) is 11.1 Å². The molecular weight excluding hydrogens is 538 g/mol. The van der Waals surface area contributed by atoms with Crippen molar-refractivity contribution in [3.8, 4) is 0 Å². The molecule has 3 N–H and O–H groups in total. The Bertz CT molecular complexity index is 1480. The average molecular weight is 578 g/mol. The summed E-state index contributed by atoms with van der Waals surface area (Å²) < 4.78 is 16.9. The number of methoxy groups -OCH3 is 1. The zero-order valence-electron chi connectivity index (χ0n) is 24.7. The molecule has 0 saturated carbocycles. The largest absolute Gasteiger partial charge is 0.449 e. The van der Waals surface area contributed by atoms with Crippen LogP contribution in [0.5, 0.6) is 0 Å². The van der Waals surface area contributed by atoms with Gasteiger partial charge in [-0.15, -0.1) is 0 Å². The van der Waals surface area contributed by atoms with Crippen LogP contribution in [0, 0.1) is 0 Å². The van der Waals surface area contributed by atoms with E-state index in [9.17, 15) is 14.4 Å². The lowest BCUT2D eigenvalue weighted by atomic mass is 10.00. The van der Waals surface area contributed by atoms with Crippen molar-refractivity contribution >= 4 is 34.5 Å². The molecule has 42 heavy (non-hydrogen) atoms. The maximum atomic E-state index is 14.5. The van der Waals surface area contributed by atoms with Gasteiger partial charge >= 0.3 is 0 Å². The number of nitrogens with one attached hydrogen (secondary N) is 3. The van der Waals surface area contributed by atoms with Gasteiger partial charge in [-0.1, -0.05) is 38.5 Å². The molecule has 11 nitrogen and oxygen atoms in total. The van der Waals surface area contributed by atoms with Gasteiger partial charge in [-0.3, -0.25) is 19.4 Å². The van der Waals surface area contributed by atoms with E-state index in [1.54, 1.807) is 13.2 Å². The fraction of sp³-hybridized carbons (Fsp3) is 0.484. The SMILES string of the molecule is CCCCc1c(C(=O)N(CCOC)C2(CC)Nc3ccccc3CNC2=O)oc2cc(C(=O)NC3(C)COC3)cnc12. The van der Waals surface area contributed by atoms with Gasteiger partial charge in [0.1, 0.15) is 5.52 Å². The molecule has 2 aromatic heterocycles. The Labute approximate surface area is 245 Å². The second kappa shape index (κ2) is 12.1. The minimum absolute atomic E-state index is 0.110. The maximum absolute atomic E-state index is 14.5. The summed E-state index contributed by atoms with van der Waals surface area (Å²) in [5, 5.41) is 9.38. The van der Waals surface area contributed by atoms with E-state index in [4.69, 9.17) is 13.9 Å². The molecule has 1 aromatic carbocycles. The second-order valence-corrected chi connectivity index (χ2v) is 11.2. The van der Waals surface area contributed by atoms with Gasteiger partial charge in [0.05, 0.1) is 30.9 Å². The molecule has 1 fully saturated rings. The van der Waals surface area contributed by atoms with Gasteiger partial charge in [0.2, 0.25) is 0 Å². The molecule has 11 heteroatoms. The summed E-state index contributed by atoms with van der Waals surface area (Å²) in [6.07, 6.45) is 4.05. The molecule has 0 radical (unpaired) electrons. The highest BCUT2D eigenvalue weighted by Gasteiger charge is 2.48. The van der Waals surface area contributed by atoms with Crippen LogP contribution in [-0.4, -0.2) is 72.3 Å². The quantitative estimate of drug-likeness (QED) is 0.315. The van der Waals surface area contributed by atoms with Crippen LogP contribution in [0.4, 0.5) is 5.69 Å². The highest BCUT2D eigenvalue weighted by molar-refractivity contribution is 6.04. The second-order valence-electron chi connectivity index (χ2n) is 11.2. The number of hydrogen-bond acceptors (Lipinski definition) is 8. The van der Waals surface area contributed by atoms with Gasteiger partial charge in [-0.2, -0.15) is 0 Å². The van der Waals surface area contributed by atoms with E-state index < -0.39 is 17.1 Å². The number of pyridine rings is 1. The number of ether oxygens (including phenoxy) is 2. The fourth-order valence-corrected chi connectivity index (χ4v) is 5.54. The third-order valence-corrected chi connectivity index (χ3v) is 8.03. The van der Waals surface area contributed by atoms with E-state index in [0.717, 1.165) is 24.1 Å². The first kappa shape index (κ1) is 29.5. The molecule has 3 amide bonds. The zero-order valence-corrected chi connectivity index (χ0v) is 24.7. The van der Waals surface area contributed by atoms with Crippen LogP contribution < -0.4 is 16.0 Å².